The number of fused-ring (bicyclic) bond motifs is 1. The van der Waals surface area contributed by atoms with Gasteiger partial charge in [-0.1, -0.05) is 0 Å². The fourth-order valence-corrected chi connectivity index (χ4v) is 2.87. The number of aromatic nitrogens is 5. The summed E-state index contributed by atoms with van der Waals surface area (Å²) in [5, 5.41) is 8.56. The molecule has 24 heavy (non-hydrogen) atoms. The normalized spacial score (nSPS) is 12.3. The highest BCUT2D eigenvalue weighted by atomic mass is 19.4. The second kappa shape index (κ2) is 5.61. The van der Waals surface area contributed by atoms with Crippen LogP contribution in [0.1, 0.15) is 30.8 Å². The minimum Gasteiger partial charge on any atom is -0.272 e. The molecule has 0 saturated heterocycles. The van der Waals surface area contributed by atoms with Crippen LogP contribution in [0, 0.1) is 13.8 Å². The molecule has 3 aromatic heterocycles. The maximum absolute atomic E-state index is 13.6. The van der Waals surface area contributed by atoms with Crippen LogP contribution < -0.4 is 0 Å². The van der Waals surface area contributed by atoms with Crippen molar-refractivity contribution in [3.05, 3.63) is 29.2 Å². The summed E-state index contributed by atoms with van der Waals surface area (Å²) in [6, 6.07) is 1.10. The summed E-state index contributed by atoms with van der Waals surface area (Å²) in [6.45, 7) is 8.18. The number of aryl methyl sites for hydroxylation is 4. The van der Waals surface area contributed by atoms with E-state index < -0.39 is 11.7 Å². The molecular formula is C16H18F3N5. The van der Waals surface area contributed by atoms with Gasteiger partial charge in [0.05, 0.1) is 28.0 Å². The van der Waals surface area contributed by atoms with Crippen molar-refractivity contribution in [1.82, 2.24) is 24.5 Å². The Morgan fingerprint density at radius 1 is 1.04 bits per heavy atom. The van der Waals surface area contributed by atoms with E-state index in [1.54, 1.807) is 24.7 Å². The zero-order chi connectivity index (χ0) is 17.6. The highest BCUT2D eigenvalue weighted by Gasteiger charge is 2.35. The molecule has 0 atom stereocenters. The molecule has 3 heterocycles. The molecule has 0 radical (unpaired) electrons. The minimum atomic E-state index is -4.48. The van der Waals surface area contributed by atoms with Gasteiger partial charge in [0.1, 0.15) is 0 Å². The molecule has 0 aliphatic rings. The van der Waals surface area contributed by atoms with Crippen LogP contribution in [0.3, 0.4) is 0 Å². The van der Waals surface area contributed by atoms with E-state index in [2.05, 4.69) is 15.2 Å². The Morgan fingerprint density at radius 2 is 1.75 bits per heavy atom. The van der Waals surface area contributed by atoms with Gasteiger partial charge in [-0.15, -0.1) is 0 Å². The molecule has 128 valence electrons. The first-order chi connectivity index (χ1) is 11.3. The molecule has 0 aliphatic carbocycles. The van der Waals surface area contributed by atoms with Crippen LogP contribution in [0.25, 0.3) is 22.3 Å². The van der Waals surface area contributed by atoms with Gasteiger partial charge in [-0.3, -0.25) is 4.68 Å². The van der Waals surface area contributed by atoms with Gasteiger partial charge in [0, 0.05) is 24.8 Å². The lowest BCUT2D eigenvalue weighted by Crippen LogP contribution is -2.08. The number of halogens is 3. The molecule has 8 heteroatoms. The van der Waals surface area contributed by atoms with Gasteiger partial charge in [0.15, 0.2) is 5.65 Å². The van der Waals surface area contributed by atoms with E-state index in [1.165, 1.54) is 4.68 Å². The Kier molecular flexibility index (Phi) is 3.85. The third-order valence-corrected chi connectivity index (χ3v) is 4.03. The number of alkyl halides is 3. The lowest BCUT2D eigenvalue weighted by Gasteiger charge is -2.11. The summed E-state index contributed by atoms with van der Waals surface area (Å²) in [5.41, 5.74) is 1.40. The zero-order valence-electron chi connectivity index (χ0n) is 13.9. The highest BCUT2D eigenvalue weighted by Crippen LogP contribution is 2.38. The third kappa shape index (κ3) is 2.55. The van der Waals surface area contributed by atoms with Crippen LogP contribution in [0.15, 0.2) is 12.3 Å². The van der Waals surface area contributed by atoms with Crippen molar-refractivity contribution in [3.63, 3.8) is 0 Å². The Balaban J connectivity index is 2.36. The molecule has 0 unspecified atom stereocenters. The van der Waals surface area contributed by atoms with E-state index in [4.69, 9.17) is 0 Å². The Hall–Kier alpha value is -2.38. The number of hydrogen-bond donors (Lipinski definition) is 0. The topological polar surface area (TPSA) is 48.5 Å². The molecule has 0 aromatic carbocycles. The highest BCUT2D eigenvalue weighted by molar-refractivity contribution is 5.86. The van der Waals surface area contributed by atoms with E-state index in [-0.39, 0.29) is 16.7 Å². The lowest BCUT2D eigenvalue weighted by molar-refractivity contribution is -0.136. The molecule has 0 saturated carbocycles. The Labute approximate surface area is 137 Å². The standard InChI is InChI=1S/C16H18F3N5/c1-5-23-8-11(9(3)21-23)13-7-12(16(17,18)19)14-10(4)22-24(6-2)15(14)20-13/h7-8H,5-6H2,1-4H3. The molecule has 0 aliphatic heterocycles. The first kappa shape index (κ1) is 16.5. The van der Waals surface area contributed by atoms with E-state index in [9.17, 15) is 13.2 Å². The molecular weight excluding hydrogens is 319 g/mol. The van der Waals surface area contributed by atoms with E-state index in [0.29, 0.717) is 30.0 Å². The number of pyridine rings is 1. The van der Waals surface area contributed by atoms with Crippen molar-refractivity contribution in [2.45, 2.75) is 47.0 Å². The van der Waals surface area contributed by atoms with E-state index >= 15 is 0 Å². The zero-order valence-corrected chi connectivity index (χ0v) is 13.9. The quantitative estimate of drug-likeness (QED) is 0.726. The van der Waals surface area contributed by atoms with Crippen LogP contribution >= 0.6 is 0 Å². The minimum absolute atomic E-state index is 0.0636. The molecule has 0 N–H and O–H groups in total. The van der Waals surface area contributed by atoms with Gasteiger partial charge in [0.25, 0.3) is 0 Å². The molecule has 0 spiro atoms. The molecule has 3 rings (SSSR count). The van der Waals surface area contributed by atoms with E-state index in [0.717, 1.165) is 6.07 Å². The largest absolute Gasteiger partial charge is 0.417 e. The van der Waals surface area contributed by atoms with Crippen molar-refractivity contribution in [3.8, 4) is 11.3 Å². The van der Waals surface area contributed by atoms with Crippen LogP contribution in [0.5, 0.6) is 0 Å². The Morgan fingerprint density at radius 3 is 2.29 bits per heavy atom. The van der Waals surface area contributed by atoms with Gasteiger partial charge in [-0.05, 0) is 33.8 Å². The number of rotatable bonds is 3. The predicted molar refractivity (Wildman–Crippen MR) is 84.6 cm³/mol. The summed E-state index contributed by atoms with van der Waals surface area (Å²) in [6.07, 6.45) is -2.75. The van der Waals surface area contributed by atoms with Gasteiger partial charge in [0.2, 0.25) is 0 Å². The lowest BCUT2D eigenvalue weighted by atomic mass is 10.1. The van der Waals surface area contributed by atoms with Crippen LogP contribution in [-0.2, 0) is 19.3 Å². The van der Waals surface area contributed by atoms with Gasteiger partial charge in [-0.25, -0.2) is 9.67 Å². The summed E-state index contributed by atoms with van der Waals surface area (Å²) >= 11 is 0. The first-order valence-electron chi connectivity index (χ1n) is 7.76. The van der Waals surface area contributed by atoms with Crippen molar-refractivity contribution in [2.75, 3.05) is 0 Å². The van der Waals surface area contributed by atoms with Crippen molar-refractivity contribution >= 4 is 11.0 Å². The third-order valence-electron chi connectivity index (χ3n) is 4.03. The average molecular weight is 337 g/mol. The van der Waals surface area contributed by atoms with E-state index in [1.807, 2.05) is 13.8 Å². The SMILES string of the molecule is CCn1cc(-c2cc(C(F)(F)F)c3c(C)nn(CC)c3n2)c(C)n1. The maximum atomic E-state index is 13.6. The van der Waals surface area contributed by atoms with Crippen molar-refractivity contribution < 1.29 is 13.2 Å². The van der Waals surface area contributed by atoms with Crippen molar-refractivity contribution in [2.24, 2.45) is 0 Å². The molecule has 5 nitrogen and oxygen atoms in total. The number of hydrogen-bond acceptors (Lipinski definition) is 3. The predicted octanol–water partition coefficient (Wildman–Crippen LogP) is 3.97. The van der Waals surface area contributed by atoms with Gasteiger partial charge in [-0.2, -0.15) is 23.4 Å². The summed E-state index contributed by atoms with van der Waals surface area (Å²) < 4.78 is 44.0. The first-order valence-corrected chi connectivity index (χ1v) is 7.76. The van der Waals surface area contributed by atoms with Crippen molar-refractivity contribution in [1.29, 1.82) is 0 Å². The fourth-order valence-electron chi connectivity index (χ4n) is 2.87. The smallest absolute Gasteiger partial charge is 0.272 e. The van der Waals surface area contributed by atoms with Crippen LogP contribution in [0.4, 0.5) is 13.2 Å². The Bertz CT molecular complexity index is 905. The van der Waals surface area contributed by atoms with Gasteiger partial charge < -0.3 is 0 Å². The second-order valence-corrected chi connectivity index (χ2v) is 5.64. The summed E-state index contributed by atoms with van der Waals surface area (Å²) in [4.78, 5) is 4.47. The number of nitrogens with zero attached hydrogens (tertiary/aromatic N) is 5. The summed E-state index contributed by atoms with van der Waals surface area (Å²) in [5.74, 6) is 0. The van der Waals surface area contributed by atoms with Gasteiger partial charge >= 0.3 is 6.18 Å². The van der Waals surface area contributed by atoms with Crippen LogP contribution in [-0.4, -0.2) is 24.5 Å². The molecule has 3 aromatic rings. The molecule has 0 fully saturated rings. The molecule has 0 amide bonds. The maximum Gasteiger partial charge on any atom is 0.417 e. The second-order valence-electron chi connectivity index (χ2n) is 5.64. The monoisotopic (exact) mass is 337 g/mol. The molecule has 0 bridgehead atoms. The average Bonchev–Trinajstić information content (AvgIpc) is 3.05. The summed E-state index contributed by atoms with van der Waals surface area (Å²) in [7, 11) is 0. The van der Waals surface area contributed by atoms with Crippen LogP contribution in [0.2, 0.25) is 0 Å². The fraction of sp³-hybridized carbons (Fsp3) is 0.438.